The average Bonchev–Trinajstić information content (AvgIpc) is 3.31. The summed E-state index contributed by atoms with van der Waals surface area (Å²) in [5, 5.41) is 6.41. The van der Waals surface area contributed by atoms with Crippen molar-refractivity contribution in [3.63, 3.8) is 0 Å². The fourth-order valence-corrected chi connectivity index (χ4v) is 5.42. The summed E-state index contributed by atoms with van der Waals surface area (Å²) in [7, 11) is 0. The van der Waals surface area contributed by atoms with Gasteiger partial charge >= 0.3 is 0 Å². The van der Waals surface area contributed by atoms with E-state index in [9.17, 15) is 4.79 Å². The van der Waals surface area contributed by atoms with Crippen LogP contribution in [0, 0.1) is 6.92 Å². The summed E-state index contributed by atoms with van der Waals surface area (Å²) in [5.41, 5.74) is 2.97. The number of nitrogens with one attached hydrogen (secondary N) is 1. The van der Waals surface area contributed by atoms with Crippen LogP contribution in [0.3, 0.4) is 0 Å². The molecular formula is C33H47BrN2O2S. The molecule has 2 aromatic carbocycles. The molecule has 3 aromatic rings. The lowest BCUT2D eigenvalue weighted by molar-refractivity contribution is -0.689. The summed E-state index contributed by atoms with van der Waals surface area (Å²) in [6.07, 6.45) is 18.5. The number of ether oxygens (including phenoxy) is 1. The van der Waals surface area contributed by atoms with Gasteiger partial charge in [-0.15, -0.1) is 0 Å². The zero-order chi connectivity index (χ0) is 26.8. The first-order valence-corrected chi connectivity index (χ1v) is 15.6. The highest BCUT2D eigenvalue weighted by Crippen LogP contribution is 2.17. The minimum absolute atomic E-state index is 0. The van der Waals surface area contributed by atoms with E-state index in [-0.39, 0.29) is 22.9 Å². The van der Waals surface area contributed by atoms with Crippen molar-refractivity contribution in [2.75, 3.05) is 11.9 Å². The van der Waals surface area contributed by atoms with E-state index >= 15 is 0 Å². The summed E-state index contributed by atoms with van der Waals surface area (Å²) in [6.45, 7) is 5.93. The van der Waals surface area contributed by atoms with E-state index in [1.807, 2.05) is 36.4 Å². The van der Waals surface area contributed by atoms with E-state index in [0.29, 0.717) is 6.42 Å². The highest BCUT2D eigenvalue weighted by molar-refractivity contribution is 7.09. The van der Waals surface area contributed by atoms with Crippen molar-refractivity contribution in [3.05, 3.63) is 76.2 Å². The molecule has 214 valence electrons. The van der Waals surface area contributed by atoms with Gasteiger partial charge in [-0.25, -0.2) is 0 Å². The van der Waals surface area contributed by atoms with Gasteiger partial charge < -0.3 is 27.0 Å². The van der Waals surface area contributed by atoms with Crippen LogP contribution in [0.5, 0.6) is 5.75 Å². The van der Waals surface area contributed by atoms with Gasteiger partial charge in [0.25, 0.3) is 0 Å². The Hall–Kier alpha value is -2.18. The van der Waals surface area contributed by atoms with Crippen LogP contribution in [-0.4, -0.2) is 12.5 Å². The van der Waals surface area contributed by atoms with Gasteiger partial charge in [0.2, 0.25) is 10.9 Å². The van der Waals surface area contributed by atoms with E-state index < -0.39 is 0 Å². The third-order valence-corrected chi connectivity index (χ3v) is 7.81. The van der Waals surface area contributed by atoms with Crippen LogP contribution in [0.1, 0.15) is 100 Å². The third-order valence-electron chi connectivity index (χ3n) is 6.98. The van der Waals surface area contributed by atoms with Gasteiger partial charge in [-0.2, -0.15) is 4.57 Å². The molecule has 0 aliphatic heterocycles. The van der Waals surface area contributed by atoms with E-state index in [4.69, 9.17) is 4.74 Å². The van der Waals surface area contributed by atoms with Crippen LogP contribution in [0.15, 0.2) is 60.1 Å². The lowest BCUT2D eigenvalue weighted by Gasteiger charge is -2.09. The molecule has 0 aliphatic rings. The highest BCUT2D eigenvalue weighted by Gasteiger charge is 2.10. The van der Waals surface area contributed by atoms with Crippen LogP contribution < -0.4 is 31.6 Å². The smallest absolute Gasteiger partial charge is 0.234 e. The van der Waals surface area contributed by atoms with Crippen molar-refractivity contribution in [1.29, 1.82) is 0 Å². The summed E-state index contributed by atoms with van der Waals surface area (Å²) in [5.74, 6) is 0.836. The maximum absolute atomic E-state index is 12.7. The minimum atomic E-state index is -0.0142. The first-order valence-electron chi connectivity index (χ1n) is 14.7. The predicted molar refractivity (Wildman–Crippen MR) is 160 cm³/mol. The maximum Gasteiger partial charge on any atom is 0.234 e. The SMILES string of the molecule is CCCCCCCCCCCCCCOc1cccc(CC(=O)Nc2cccc(C[n+]3ccsc3C)c2)c1.[Br-]. The first kappa shape index (κ1) is 33.0. The number of anilines is 1. The second-order valence-corrected chi connectivity index (χ2v) is 11.5. The van der Waals surface area contributed by atoms with E-state index in [0.717, 1.165) is 36.6 Å². The number of unbranched alkanes of at least 4 members (excludes halogenated alkanes) is 11. The fourth-order valence-electron chi connectivity index (χ4n) is 4.75. The van der Waals surface area contributed by atoms with E-state index in [1.54, 1.807) is 11.3 Å². The molecule has 1 aromatic heterocycles. The number of aryl methyl sites for hydroxylation is 1. The van der Waals surface area contributed by atoms with Crippen LogP contribution >= 0.6 is 11.3 Å². The Morgan fingerprint density at radius 1 is 0.846 bits per heavy atom. The van der Waals surface area contributed by atoms with Crippen molar-refractivity contribution in [2.45, 2.75) is 104 Å². The molecule has 0 unspecified atom stereocenters. The number of nitrogens with zero attached hydrogens (tertiary/aromatic N) is 1. The topological polar surface area (TPSA) is 42.2 Å². The summed E-state index contributed by atoms with van der Waals surface area (Å²) in [6, 6.07) is 16.0. The highest BCUT2D eigenvalue weighted by atomic mass is 79.9. The van der Waals surface area contributed by atoms with Gasteiger partial charge in [0.1, 0.15) is 5.75 Å². The molecule has 6 heteroatoms. The lowest BCUT2D eigenvalue weighted by Crippen LogP contribution is -3.00. The molecule has 0 saturated carbocycles. The van der Waals surface area contributed by atoms with Crippen molar-refractivity contribution in [3.8, 4) is 5.75 Å². The zero-order valence-corrected chi connectivity index (χ0v) is 26.3. The predicted octanol–water partition coefficient (Wildman–Crippen LogP) is 5.66. The molecule has 0 fully saturated rings. The molecule has 1 heterocycles. The summed E-state index contributed by atoms with van der Waals surface area (Å²) < 4.78 is 8.20. The number of carbonyl (C=O) groups excluding carboxylic acids is 1. The average molecular weight is 616 g/mol. The number of halogens is 1. The number of rotatable bonds is 19. The number of hydrogen-bond donors (Lipinski definition) is 1. The van der Waals surface area contributed by atoms with Crippen molar-refractivity contribution in [1.82, 2.24) is 0 Å². The third kappa shape index (κ3) is 13.6. The van der Waals surface area contributed by atoms with Crippen LogP contribution in [0.25, 0.3) is 0 Å². The largest absolute Gasteiger partial charge is 1.00 e. The molecule has 4 nitrogen and oxygen atoms in total. The summed E-state index contributed by atoms with van der Waals surface area (Å²) >= 11 is 1.74. The molecule has 1 N–H and O–H groups in total. The number of benzene rings is 2. The van der Waals surface area contributed by atoms with Gasteiger partial charge in [0, 0.05) is 18.2 Å². The molecule has 0 radical (unpaired) electrons. The maximum atomic E-state index is 12.7. The van der Waals surface area contributed by atoms with Gasteiger partial charge in [0.15, 0.2) is 12.7 Å². The van der Waals surface area contributed by atoms with Crippen molar-refractivity contribution < 1.29 is 31.1 Å². The number of hydrogen-bond acceptors (Lipinski definition) is 3. The zero-order valence-electron chi connectivity index (χ0n) is 23.9. The number of thiazole rings is 1. The number of carbonyl (C=O) groups is 1. The van der Waals surface area contributed by atoms with Gasteiger partial charge in [-0.3, -0.25) is 4.79 Å². The monoisotopic (exact) mass is 614 g/mol. The Morgan fingerprint density at radius 3 is 2.15 bits per heavy atom. The Balaban J connectivity index is 0.00000533. The molecule has 0 spiro atoms. The van der Waals surface area contributed by atoms with Crippen molar-refractivity contribution in [2.24, 2.45) is 0 Å². The van der Waals surface area contributed by atoms with E-state index in [1.165, 1.54) is 81.2 Å². The Bertz CT molecular complexity index is 1080. The lowest BCUT2D eigenvalue weighted by atomic mass is 10.1. The molecule has 0 saturated heterocycles. The molecule has 3 rings (SSSR count). The van der Waals surface area contributed by atoms with Crippen LogP contribution in [-0.2, 0) is 17.8 Å². The fraction of sp³-hybridized carbons (Fsp3) is 0.515. The molecule has 39 heavy (non-hydrogen) atoms. The normalized spacial score (nSPS) is 10.7. The number of amides is 1. The number of aromatic nitrogens is 1. The second-order valence-electron chi connectivity index (χ2n) is 10.4. The van der Waals surface area contributed by atoms with E-state index in [2.05, 4.69) is 47.4 Å². The molecule has 0 bridgehead atoms. The Kier molecular flexibility index (Phi) is 16.8. The Morgan fingerprint density at radius 2 is 1.49 bits per heavy atom. The van der Waals surface area contributed by atoms with Gasteiger partial charge in [0.05, 0.1) is 18.4 Å². The molecular weight excluding hydrogens is 568 g/mol. The standard InChI is InChI=1S/C33H46N2O2S.BrH/c1-3-4-5-6-7-8-9-10-11-12-13-14-22-37-32-20-16-17-29(25-32)26-33(36)34-31-19-15-18-30(24-31)27-35-21-23-38-28(35)2;/h15-21,23-25H,3-14,22,26-27H2,1-2H3;1H. The van der Waals surface area contributed by atoms with Gasteiger partial charge in [-0.1, -0.05) is 113 Å². The first-order chi connectivity index (χ1) is 18.6. The Labute approximate surface area is 251 Å². The van der Waals surface area contributed by atoms with Crippen molar-refractivity contribution >= 4 is 22.9 Å². The minimum Gasteiger partial charge on any atom is -1.00 e. The second kappa shape index (κ2) is 19.8. The quantitative estimate of drug-likeness (QED) is 0.140. The van der Waals surface area contributed by atoms with Crippen LogP contribution in [0.2, 0.25) is 0 Å². The molecule has 0 aliphatic carbocycles. The van der Waals surface area contributed by atoms with Gasteiger partial charge in [-0.05, 0) is 36.2 Å². The molecule has 0 atom stereocenters. The van der Waals surface area contributed by atoms with Crippen LogP contribution in [0.4, 0.5) is 5.69 Å². The summed E-state index contributed by atoms with van der Waals surface area (Å²) in [4.78, 5) is 12.7. The molecule has 1 amide bonds.